The summed E-state index contributed by atoms with van der Waals surface area (Å²) in [5.41, 5.74) is 8.29. The van der Waals surface area contributed by atoms with Crippen molar-refractivity contribution in [3.63, 3.8) is 0 Å². The second-order valence-electron chi connectivity index (χ2n) is 4.47. The number of hydrogen-bond donors (Lipinski definition) is 3. The molecule has 2 rings (SSSR count). The minimum Gasteiger partial charge on any atom is -0.495 e. The van der Waals surface area contributed by atoms with Gasteiger partial charge in [-0.1, -0.05) is 0 Å². The van der Waals surface area contributed by atoms with E-state index in [1.165, 1.54) is 14.0 Å². The average molecular weight is 284 g/mol. The third-order valence-corrected chi connectivity index (χ3v) is 2.88. The molecule has 4 N–H and O–H groups in total. The number of methoxy groups -OCH3 is 1. The van der Waals surface area contributed by atoms with Gasteiger partial charge in [0.1, 0.15) is 5.75 Å². The Morgan fingerprint density at radius 2 is 2.10 bits per heavy atom. The smallest absolute Gasteiger partial charge is 0.221 e. The number of nitrogen functional groups attached to an aromatic ring is 1. The Bertz CT molecular complexity index is 698. The number of hydrogen-bond acceptors (Lipinski definition) is 5. The summed E-state index contributed by atoms with van der Waals surface area (Å²) in [6, 6.07) is 6.72. The van der Waals surface area contributed by atoms with Crippen LogP contribution in [0.5, 0.6) is 5.75 Å². The van der Waals surface area contributed by atoms with E-state index in [-0.39, 0.29) is 11.6 Å². The zero-order chi connectivity index (χ0) is 15.4. The number of benzene rings is 1. The maximum absolute atomic E-state index is 11.1. The van der Waals surface area contributed by atoms with Crippen LogP contribution in [-0.4, -0.2) is 23.7 Å². The van der Waals surface area contributed by atoms with Crippen LogP contribution < -0.4 is 15.8 Å². The van der Waals surface area contributed by atoms with E-state index in [0.717, 1.165) is 0 Å². The van der Waals surface area contributed by atoms with Gasteiger partial charge in [0.15, 0.2) is 0 Å². The van der Waals surface area contributed by atoms with Gasteiger partial charge in [-0.05, 0) is 24.3 Å². The number of carbonyl (C=O) groups is 1. The Hall–Kier alpha value is -2.89. The molecule has 0 spiro atoms. The van der Waals surface area contributed by atoms with Crippen molar-refractivity contribution in [3.05, 3.63) is 47.8 Å². The molecular weight excluding hydrogens is 268 g/mol. The van der Waals surface area contributed by atoms with Gasteiger partial charge in [-0.3, -0.25) is 15.2 Å². The monoisotopic (exact) mass is 284 g/mol. The molecule has 0 unspecified atom stereocenters. The topological polar surface area (TPSA) is 101 Å². The van der Waals surface area contributed by atoms with Crippen molar-refractivity contribution in [1.82, 2.24) is 4.98 Å². The lowest BCUT2D eigenvalue weighted by Crippen LogP contribution is -2.10. The lowest BCUT2D eigenvalue weighted by Gasteiger charge is -2.11. The molecule has 21 heavy (non-hydrogen) atoms. The maximum Gasteiger partial charge on any atom is 0.221 e. The molecule has 6 heteroatoms. The molecule has 2 aromatic rings. The fourth-order valence-electron chi connectivity index (χ4n) is 1.88. The van der Waals surface area contributed by atoms with Gasteiger partial charge in [0, 0.05) is 35.6 Å². The molecule has 0 aliphatic carbocycles. The SMILES string of the molecule is COc1cncc(C(=N)c2cc(NC(C)=O)ccc2N)c1. The van der Waals surface area contributed by atoms with Crippen molar-refractivity contribution < 1.29 is 9.53 Å². The molecule has 0 atom stereocenters. The van der Waals surface area contributed by atoms with Crippen molar-refractivity contribution in [2.45, 2.75) is 6.92 Å². The number of nitrogens with one attached hydrogen (secondary N) is 2. The van der Waals surface area contributed by atoms with Crippen LogP contribution in [-0.2, 0) is 4.79 Å². The van der Waals surface area contributed by atoms with E-state index < -0.39 is 0 Å². The summed E-state index contributed by atoms with van der Waals surface area (Å²) in [7, 11) is 1.54. The summed E-state index contributed by atoms with van der Waals surface area (Å²) in [4.78, 5) is 15.1. The van der Waals surface area contributed by atoms with E-state index in [1.54, 1.807) is 36.7 Å². The van der Waals surface area contributed by atoms with Crippen LogP contribution in [0, 0.1) is 5.41 Å². The summed E-state index contributed by atoms with van der Waals surface area (Å²) in [5, 5.41) is 10.9. The van der Waals surface area contributed by atoms with Gasteiger partial charge in [-0.25, -0.2) is 0 Å². The molecule has 1 amide bonds. The molecule has 6 nitrogen and oxygen atoms in total. The molecule has 1 heterocycles. The summed E-state index contributed by atoms with van der Waals surface area (Å²) in [5.74, 6) is 0.383. The van der Waals surface area contributed by atoms with Crippen LogP contribution in [0.4, 0.5) is 11.4 Å². The quantitative estimate of drug-likeness (QED) is 0.590. The second-order valence-corrected chi connectivity index (χ2v) is 4.47. The summed E-state index contributed by atoms with van der Waals surface area (Å²) < 4.78 is 5.10. The first kappa shape index (κ1) is 14.5. The number of nitrogens with zero attached hydrogens (tertiary/aromatic N) is 1. The first-order valence-electron chi connectivity index (χ1n) is 6.26. The van der Waals surface area contributed by atoms with Crippen LogP contribution in [0.3, 0.4) is 0 Å². The number of pyridine rings is 1. The highest BCUT2D eigenvalue weighted by atomic mass is 16.5. The van der Waals surface area contributed by atoms with E-state index >= 15 is 0 Å². The van der Waals surface area contributed by atoms with Crippen LogP contribution in [0.15, 0.2) is 36.7 Å². The van der Waals surface area contributed by atoms with Crippen molar-refractivity contribution >= 4 is 23.0 Å². The third kappa shape index (κ3) is 3.36. The number of carbonyl (C=O) groups excluding carboxylic acids is 1. The maximum atomic E-state index is 11.1. The molecule has 0 aliphatic heterocycles. The van der Waals surface area contributed by atoms with E-state index in [0.29, 0.717) is 28.3 Å². The molecule has 0 bridgehead atoms. The zero-order valence-electron chi connectivity index (χ0n) is 11.8. The second kappa shape index (κ2) is 6.04. The summed E-state index contributed by atoms with van der Waals surface area (Å²) in [6.07, 6.45) is 3.13. The van der Waals surface area contributed by atoms with Gasteiger partial charge >= 0.3 is 0 Å². The van der Waals surface area contributed by atoms with E-state index in [9.17, 15) is 4.79 Å². The lowest BCUT2D eigenvalue weighted by atomic mass is 10.0. The molecule has 0 fully saturated rings. The summed E-state index contributed by atoms with van der Waals surface area (Å²) >= 11 is 0. The highest BCUT2D eigenvalue weighted by Gasteiger charge is 2.11. The Labute approximate surface area is 122 Å². The molecular formula is C15H16N4O2. The molecule has 0 radical (unpaired) electrons. The Kier molecular flexibility index (Phi) is 4.18. The van der Waals surface area contributed by atoms with Gasteiger partial charge < -0.3 is 15.8 Å². The van der Waals surface area contributed by atoms with E-state index in [1.807, 2.05) is 0 Å². The fraction of sp³-hybridized carbons (Fsp3) is 0.133. The van der Waals surface area contributed by atoms with Crippen LogP contribution in [0.1, 0.15) is 18.1 Å². The highest BCUT2D eigenvalue weighted by molar-refractivity contribution is 6.14. The Morgan fingerprint density at radius 3 is 2.76 bits per heavy atom. The molecule has 108 valence electrons. The van der Waals surface area contributed by atoms with Crippen molar-refractivity contribution in [1.29, 1.82) is 5.41 Å². The minimum absolute atomic E-state index is 0.180. The van der Waals surface area contributed by atoms with Gasteiger partial charge in [0.05, 0.1) is 19.0 Å². The van der Waals surface area contributed by atoms with E-state index in [2.05, 4.69) is 10.3 Å². The number of rotatable bonds is 4. The van der Waals surface area contributed by atoms with Gasteiger partial charge in [-0.2, -0.15) is 0 Å². The first-order chi connectivity index (χ1) is 10.0. The highest BCUT2D eigenvalue weighted by Crippen LogP contribution is 2.22. The number of nitrogens with two attached hydrogens (primary N) is 1. The van der Waals surface area contributed by atoms with Crippen LogP contribution in [0.2, 0.25) is 0 Å². The van der Waals surface area contributed by atoms with Crippen molar-refractivity contribution in [2.75, 3.05) is 18.2 Å². The number of aromatic nitrogens is 1. The van der Waals surface area contributed by atoms with Gasteiger partial charge in [0.25, 0.3) is 0 Å². The predicted molar refractivity (Wildman–Crippen MR) is 81.9 cm³/mol. The summed E-state index contributed by atoms with van der Waals surface area (Å²) in [6.45, 7) is 1.42. The normalized spacial score (nSPS) is 10.0. The average Bonchev–Trinajstić information content (AvgIpc) is 2.48. The number of anilines is 2. The predicted octanol–water partition coefficient (Wildman–Crippen LogP) is 2.05. The van der Waals surface area contributed by atoms with Crippen molar-refractivity contribution in [3.8, 4) is 5.75 Å². The lowest BCUT2D eigenvalue weighted by molar-refractivity contribution is -0.114. The number of amides is 1. The standard InChI is InChI=1S/C15H16N4O2/c1-9(20)19-11-3-4-14(16)13(6-11)15(17)10-5-12(21-2)8-18-7-10/h3-8,17H,16H2,1-2H3,(H,19,20). The minimum atomic E-state index is -0.180. The first-order valence-corrected chi connectivity index (χ1v) is 6.26. The molecule has 0 saturated carbocycles. The third-order valence-electron chi connectivity index (χ3n) is 2.88. The molecule has 1 aromatic carbocycles. The molecule has 0 saturated heterocycles. The van der Waals surface area contributed by atoms with Gasteiger partial charge in [-0.15, -0.1) is 0 Å². The Balaban J connectivity index is 2.39. The fourth-order valence-corrected chi connectivity index (χ4v) is 1.88. The molecule has 0 aliphatic rings. The van der Waals surface area contributed by atoms with Crippen molar-refractivity contribution in [2.24, 2.45) is 0 Å². The van der Waals surface area contributed by atoms with E-state index in [4.69, 9.17) is 15.9 Å². The zero-order valence-corrected chi connectivity index (χ0v) is 11.8. The molecule has 1 aromatic heterocycles. The van der Waals surface area contributed by atoms with Gasteiger partial charge in [0.2, 0.25) is 5.91 Å². The Morgan fingerprint density at radius 1 is 1.33 bits per heavy atom. The van der Waals surface area contributed by atoms with Crippen LogP contribution in [0.25, 0.3) is 0 Å². The number of ether oxygens (including phenoxy) is 1. The largest absolute Gasteiger partial charge is 0.495 e. The van der Waals surface area contributed by atoms with Crippen LogP contribution >= 0.6 is 0 Å².